The van der Waals surface area contributed by atoms with Crippen LogP contribution in [0.15, 0.2) is 194 Å². The summed E-state index contributed by atoms with van der Waals surface area (Å²) in [5.41, 5.74) is 0. The van der Waals surface area contributed by atoms with Crippen molar-refractivity contribution in [2.45, 2.75) is 303 Å². The van der Waals surface area contributed by atoms with Crippen LogP contribution in [-0.2, 0) is 65.4 Å². The van der Waals surface area contributed by atoms with Gasteiger partial charge in [-0.05, 0) is 173 Å². The minimum atomic E-state index is -5.02. The van der Waals surface area contributed by atoms with Gasteiger partial charge in [0.2, 0.25) is 0 Å². The number of phosphoric acid groups is 2. The predicted octanol–water partition coefficient (Wildman–Crippen LogP) is 24.1. The summed E-state index contributed by atoms with van der Waals surface area (Å²) >= 11 is 0. The molecule has 0 radical (unpaired) electrons. The lowest BCUT2D eigenvalue weighted by molar-refractivity contribution is -0.161. The quantitative estimate of drug-likeness (QED) is 0.0169. The molecule has 0 amide bonds. The first-order valence-electron chi connectivity index (χ1n) is 40.7. The third kappa shape index (κ3) is 78.0. The van der Waals surface area contributed by atoms with Gasteiger partial charge in [-0.2, -0.15) is 0 Å². The average molecular weight is 1550 g/mol. The van der Waals surface area contributed by atoms with Crippen molar-refractivity contribution in [1.29, 1.82) is 0 Å². The summed E-state index contributed by atoms with van der Waals surface area (Å²) in [6, 6.07) is 0. The van der Waals surface area contributed by atoms with Crippen molar-refractivity contribution in [3.8, 4) is 0 Å². The standard InChI is InChI=1S/C89H142O17P2/c1-5-9-13-17-21-25-29-33-37-40-41-44-47-50-54-58-62-66-70-74-87(92)100-79-84(105-88(93)75-71-67-63-59-55-51-45-36-32-28-24-20-16-12-8-4)81-103-107(95,96)101-77-83(90)78-102-108(97,98)104-82-85(106-89(94)76-72-68-64-60-56-52-48-43-39-35-31-27-23-19-15-11-7-3)80-99-86(91)73-69-65-61-57-53-49-46-42-38-34-30-26-22-18-14-10-6-2/h9-11,13-15,21-23,25-27,33-39,41,44-46,48-50,52,54,57,60-61,64,83-85,90H,5-8,12,16-20,24,28-32,40,42-43,47,51,53,55-56,58-59,62-63,65-82H2,1-4H3,(H,95,96)(H,97,98)/b13-9-,14-10-,15-11-,25-21-,26-22-,27-23-,37-33-,38-34-,39-35-,44-41-,45-36-,49-46-,52-48-,54-50-,61-57-,64-60-. The van der Waals surface area contributed by atoms with Crippen molar-refractivity contribution in [3.63, 3.8) is 0 Å². The molecule has 108 heavy (non-hydrogen) atoms. The molecule has 3 N–H and O–H groups in total. The molecule has 5 unspecified atom stereocenters. The molecule has 5 atom stereocenters. The van der Waals surface area contributed by atoms with E-state index in [2.05, 4.69) is 198 Å². The Morgan fingerprint density at radius 3 is 0.806 bits per heavy atom. The molecule has 0 spiro atoms. The van der Waals surface area contributed by atoms with E-state index in [0.717, 1.165) is 154 Å². The number of hydrogen-bond acceptors (Lipinski definition) is 15. The van der Waals surface area contributed by atoms with Crippen molar-refractivity contribution >= 4 is 39.5 Å². The van der Waals surface area contributed by atoms with Gasteiger partial charge in [-0.25, -0.2) is 9.13 Å². The van der Waals surface area contributed by atoms with Crippen LogP contribution in [0.3, 0.4) is 0 Å². The van der Waals surface area contributed by atoms with Crippen LogP contribution >= 0.6 is 15.6 Å². The molecule has 19 heteroatoms. The maximum Gasteiger partial charge on any atom is 0.472 e. The molecule has 0 saturated carbocycles. The Morgan fingerprint density at radius 2 is 0.491 bits per heavy atom. The molecular formula is C89H142O17P2. The van der Waals surface area contributed by atoms with Crippen LogP contribution in [0.4, 0.5) is 0 Å². The summed E-state index contributed by atoms with van der Waals surface area (Å²) in [6.45, 7) is 4.33. The SMILES string of the molecule is CC/C=C\C/C=C\C/C=C\C/C=C\C/C=C\CCCCCC(=O)OCC(COP(=O)(O)OCC(O)COP(=O)(O)OCC(COC(=O)CCC/C=C\C/C=C\C/C=C\C/C=C\C/C=C\CC)OC(=O)CCC/C=C\C/C=C\C/C=C\C/C=C\C/C=C\CC)OC(=O)CCCCCCC/C=C\CCCCCCCC. The third-order valence-corrected chi connectivity index (χ3v) is 17.9. The summed E-state index contributed by atoms with van der Waals surface area (Å²) in [6.07, 6.45) is 97.1. The monoisotopic (exact) mass is 1540 g/mol. The number of hydrogen-bond donors (Lipinski definition) is 3. The summed E-state index contributed by atoms with van der Waals surface area (Å²) in [4.78, 5) is 73.1. The van der Waals surface area contributed by atoms with Gasteiger partial charge in [-0.15, -0.1) is 0 Å². The maximum atomic E-state index is 13.1. The Balaban J connectivity index is 5.53. The van der Waals surface area contributed by atoms with Gasteiger partial charge < -0.3 is 33.8 Å². The largest absolute Gasteiger partial charge is 0.472 e. The van der Waals surface area contributed by atoms with E-state index in [1.807, 2.05) is 24.3 Å². The fraction of sp³-hybridized carbons (Fsp3) is 0.596. The van der Waals surface area contributed by atoms with E-state index >= 15 is 0 Å². The number of allylic oxidation sites excluding steroid dienone is 32. The number of carbonyl (C=O) groups excluding carboxylic acids is 4. The lowest BCUT2D eigenvalue weighted by Gasteiger charge is -2.21. The first kappa shape index (κ1) is 102. The maximum absolute atomic E-state index is 13.1. The van der Waals surface area contributed by atoms with E-state index in [1.165, 1.54) is 38.5 Å². The number of aliphatic hydroxyl groups excluding tert-OH is 1. The Bertz CT molecular complexity index is 2810. The molecule has 0 aliphatic heterocycles. The highest BCUT2D eigenvalue weighted by atomic mass is 31.2. The van der Waals surface area contributed by atoms with Gasteiger partial charge >= 0.3 is 39.5 Å². The number of phosphoric ester groups is 2. The molecule has 0 bridgehead atoms. The second-order valence-corrected chi connectivity index (χ2v) is 29.1. The van der Waals surface area contributed by atoms with Gasteiger partial charge in [-0.1, -0.05) is 280 Å². The molecule has 0 aromatic carbocycles. The van der Waals surface area contributed by atoms with E-state index in [1.54, 1.807) is 0 Å². The van der Waals surface area contributed by atoms with Crippen molar-refractivity contribution in [1.82, 2.24) is 0 Å². The molecule has 0 aromatic heterocycles. The molecule has 0 aromatic rings. The highest BCUT2D eigenvalue weighted by Gasteiger charge is 2.30. The minimum Gasteiger partial charge on any atom is -0.462 e. The molecule has 0 fully saturated rings. The molecule has 610 valence electrons. The molecule has 0 saturated heterocycles. The third-order valence-electron chi connectivity index (χ3n) is 16.0. The van der Waals surface area contributed by atoms with Crippen LogP contribution in [0.5, 0.6) is 0 Å². The highest BCUT2D eigenvalue weighted by molar-refractivity contribution is 7.47. The topological polar surface area (TPSA) is 237 Å². The van der Waals surface area contributed by atoms with Crippen LogP contribution in [0.25, 0.3) is 0 Å². The Hall–Kier alpha value is -6.10. The minimum absolute atomic E-state index is 0.00434. The van der Waals surface area contributed by atoms with Gasteiger partial charge in [0.1, 0.15) is 19.3 Å². The summed E-state index contributed by atoms with van der Waals surface area (Å²) in [5, 5.41) is 10.7. The van der Waals surface area contributed by atoms with Crippen LogP contribution in [0, 0.1) is 0 Å². The Kier molecular flexibility index (Phi) is 74.5. The van der Waals surface area contributed by atoms with E-state index in [-0.39, 0.29) is 25.7 Å². The Labute approximate surface area is 653 Å². The molecule has 17 nitrogen and oxygen atoms in total. The van der Waals surface area contributed by atoms with Gasteiger partial charge in [0.05, 0.1) is 26.4 Å². The lowest BCUT2D eigenvalue weighted by Crippen LogP contribution is -2.30. The van der Waals surface area contributed by atoms with E-state index in [0.29, 0.717) is 38.5 Å². The van der Waals surface area contributed by atoms with Crippen LogP contribution in [0.1, 0.15) is 285 Å². The lowest BCUT2D eigenvalue weighted by atomic mass is 10.1. The van der Waals surface area contributed by atoms with Crippen LogP contribution < -0.4 is 0 Å². The van der Waals surface area contributed by atoms with Gasteiger partial charge in [-0.3, -0.25) is 37.3 Å². The zero-order chi connectivity index (χ0) is 78.9. The van der Waals surface area contributed by atoms with Crippen LogP contribution in [-0.4, -0.2) is 96.7 Å². The second-order valence-electron chi connectivity index (χ2n) is 26.2. The predicted molar refractivity (Wildman–Crippen MR) is 445 cm³/mol. The highest BCUT2D eigenvalue weighted by Crippen LogP contribution is 2.45. The van der Waals surface area contributed by atoms with Crippen molar-refractivity contribution in [2.24, 2.45) is 0 Å². The summed E-state index contributed by atoms with van der Waals surface area (Å²) < 4.78 is 68.5. The Morgan fingerprint density at radius 1 is 0.269 bits per heavy atom. The normalized spacial score (nSPS) is 14.8. The van der Waals surface area contributed by atoms with E-state index in [4.69, 9.17) is 37.0 Å². The zero-order valence-corrected chi connectivity index (χ0v) is 68.5. The second kappa shape index (κ2) is 79.0. The molecule has 0 aliphatic carbocycles. The van der Waals surface area contributed by atoms with Gasteiger partial charge in [0.15, 0.2) is 12.2 Å². The van der Waals surface area contributed by atoms with Crippen molar-refractivity contribution < 1.29 is 80.2 Å². The molecule has 0 rings (SSSR count). The van der Waals surface area contributed by atoms with E-state index < -0.39 is 97.5 Å². The fourth-order valence-corrected chi connectivity index (χ4v) is 11.5. The number of rotatable bonds is 74. The van der Waals surface area contributed by atoms with Crippen molar-refractivity contribution in [2.75, 3.05) is 39.6 Å². The van der Waals surface area contributed by atoms with Crippen molar-refractivity contribution in [3.05, 3.63) is 194 Å². The van der Waals surface area contributed by atoms with Crippen LogP contribution in [0.2, 0.25) is 0 Å². The first-order chi connectivity index (χ1) is 52.7. The number of esters is 4. The smallest absolute Gasteiger partial charge is 0.462 e. The molecule has 0 heterocycles. The first-order valence-corrected chi connectivity index (χ1v) is 43.7. The number of carbonyl (C=O) groups is 4. The summed E-state index contributed by atoms with van der Waals surface area (Å²) in [7, 11) is -10.0. The number of unbranched alkanes of at least 4 members (excludes halogenated alkanes) is 16. The average Bonchev–Trinajstić information content (AvgIpc) is 0.901. The number of aliphatic hydroxyl groups is 1. The van der Waals surface area contributed by atoms with Gasteiger partial charge in [0, 0.05) is 25.7 Å². The fourth-order valence-electron chi connectivity index (χ4n) is 9.96. The molecular weight excluding hydrogens is 1400 g/mol. The van der Waals surface area contributed by atoms with E-state index in [9.17, 15) is 43.2 Å². The zero-order valence-electron chi connectivity index (χ0n) is 66.7. The number of ether oxygens (including phenoxy) is 4. The van der Waals surface area contributed by atoms with Gasteiger partial charge in [0.25, 0.3) is 0 Å². The summed E-state index contributed by atoms with van der Waals surface area (Å²) in [5.74, 6) is -2.38. The molecule has 0 aliphatic rings.